The molecule has 76 valence electrons. The minimum Gasteiger partial charge on any atom is -0.313 e. The van der Waals surface area contributed by atoms with Crippen LogP contribution in [0.5, 0.6) is 0 Å². The van der Waals surface area contributed by atoms with Crippen molar-refractivity contribution < 1.29 is 0 Å². The van der Waals surface area contributed by atoms with E-state index in [1.807, 2.05) is 17.8 Å². The highest BCUT2D eigenvalue weighted by Gasteiger charge is 2.22. The number of hydrogen-bond acceptors (Lipinski definition) is 2. The molecule has 0 saturated heterocycles. The van der Waals surface area contributed by atoms with Crippen LogP contribution in [-0.4, -0.2) is 24.1 Å². The maximum Gasteiger partial charge on any atom is 0.0111 e. The van der Waals surface area contributed by atoms with Crippen molar-refractivity contribution in [3.8, 4) is 0 Å². The highest BCUT2D eigenvalue weighted by molar-refractivity contribution is 7.99. The zero-order valence-electron chi connectivity index (χ0n) is 8.59. The molecule has 1 aliphatic carbocycles. The first-order valence-electron chi connectivity index (χ1n) is 5.25. The van der Waals surface area contributed by atoms with Gasteiger partial charge in [-0.3, -0.25) is 0 Å². The minimum absolute atomic E-state index is 0.719. The second-order valence-corrected chi connectivity index (χ2v) is 5.05. The molecule has 0 aromatic heterocycles. The fourth-order valence-electron chi connectivity index (χ4n) is 1.48. The van der Waals surface area contributed by atoms with Crippen LogP contribution in [0.25, 0.3) is 0 Å². The van der Waals surface area contributed by atoms with Crippen molar-refractivity contribution >= 4 is 11.8 Å². The van der Waals surface area contributed by atoms with Crippen molar-refractivity contribution in [2.24, 2.45) is 5.92 Å². The van der Waals surface area contributed by atoms with Crippen LogP contribution in [-0.2, 0) is 0 Å². The standard InChI is InChI=1S/C11H21NS/c1-3-7-13-8-6-12-10(2)9-11-4-5-11/h3,10-12H,1,4-9H2,2H3. The average molecular weight is 199 g/mol. The van der Waals surface area contributed by atoms with Gasteiger partial charge in [-0.2, -0.15) is 11.8 Å². The van der Waals surface area contributed by atoms with Crippen LogP contribution >= 0.6 is 11.8 Å². The van der Waals surface area contributed by atoms with Crippen molar-refractivity contribution in [1.82, 2.24) is 5.32 Å². The van der Waals surface area contributed by atoms with E-state index in [0.717, 1.165) is 24.3 Å². The lowest BCUT2D eigenvalue weighted by atomic mass is 10.2. The third-order valence-corrected chi connectivity index (χ3v) is 3.32. The van der Waals surface area contributed by atoms with E-state index in [9.17, 15) is 0 Å². The monoisotopic (exact) mass is 199 g/mol. The second kappa shape index (κ2) is 6.50. The molecule has 1 aliphatic rings. The van der Waals surface area contributed by atoms with Crippen molar-refractivity contribution in [2.45, 2.75) is 32.2 Å². The quantitative estimate of drug-likeness (QED) is 0.476. The molecule has 0 spiro atoms. The Kier molecular flexibility index (Phi) is 5.56. The summed E-state index contributed by atoms with van der Waals surface area (Å²) in [4.78, 5) is 0. The van der Waals surface area contributed by atoms with Crippen LogP contribution < -0.4 is 5.32 Å². The maximum absolute atomic E-state index is 3.70. The van der Waals surface area contributed by atoms with Gasteiger partial charge < -0.3 is 5.32 Å². The van der Waals surface area contributed by atoms with Gasteiger partial charge in [-0.25, -0.2) is 0 Å². The topological polar surface area (TPSA) is 12.0 Å². The van der Waals surface area contributed by atoms with E-state index in [0.29, 0.717) is 0 Å². The first-order chi connectivity index (χ1) is 6.33. The zero-order valence-corrected chi connectivity index (χ0v) is 9.41. The van der Waals surface area contributed by atoms with Crippen molar-refractivity contribution in [3.63, 3.8) is 0 Å². The summed E-state index contributed by atoms with van der Waals surface area (Å²) in [6, 6.07) is 0.719. The molecule has 0 radical (unpaired) electrons. The Morgan fingerprint density at radius 3 is 3.00 bits per heavy atom. The van der Waals surface area contributed by atoms with Crippen molar-refractivity contribution in [2.75, 3.05) is 18.1 Å². The van der Waals surface area contributed by atoms with Gasteiger partial charge in [0.25, 0.3) is 0 Å². The van der Waals surface area contributed by atoms with Gasteiger partial charge in [-0.05, 0) is 19.3 Å². The van der Waals surface area contributed by atoms with Crippen LogP contribution in [0.4, 0.5) is 0 Å². The van der Waals surface area contributed by atoms with Gasteiger partial charge >= 0.3 is 0 Å². The predicted octanol–water partition coefficient (Wildman–Crippen LogP) is 2.68. The molecule has 1 saturated carbocycles. The van der Waals surface area contributed by atoms with E-state index in [2.05, 4.69) is 18.8 Å². The molecule has 0 amide bonds. The number of thioether (sulfide) groups is 1. The Morgan fingerprint density at radius 2 is 2.38 bits per heavy atom. The van der Waals surface area contributed by atoms with Crippen LogP contribution in [0, 0.1) is 5.92 Å². The lowest BCUT2D eigenvalue weighted by Crippen LogP contribution is -2.28. The molecule has 1 N–H and O–H groups in total. The molecule has 0 bridgehead atoms. The molecule has 2 heteroatoms. The maximum atomic E-state index is 3.70. The summed E-state index contributed by atoms with van der Waals surface area (Å²) in [5.74, 6) is 3.34. The molecular formula is C11H21NS. The summed E-state index contributed by atoms with van der Waals surface area (Å²) < 4.78 is 0. The van der Waals surface area contributed by atoms with Gasteiger partial charge in [0.05, 0.1) is 0 Å². The Labute approximate surface area is 86.4 Å². The Hall–Kier alpha value is 0.0500. The summed E-state index contributed by atoms with van der Waals surface area (Å²) >= 11 is 1.95. The molecule has 1 nitrogen and oxygen atoms in total. The molecule has 0 aromatic carbocycles. The third-order valence-electron chi connectivity index (χ3n) is 2.36. The van der Waals surface area contributed by atoms with Crippen LogP contribution in [0.15, 0.2) is 12.7 Å². The van der Waals surface area contributed by atoms with E-state index in [1.165, 1.54) is 25.0 Å². The summed E-state index contributed by atoms with van der Waals surface area (Å²) in [7, 11) is 0. The van der Waals surface area contributed by atoms with Crippen molar-refractivity contribution in [1.29, 1.82) is 0 Å². The molecule has 13 heavy (non-hydrogen) atoms. The average Bonchev–Trinajstić information content (AvgIpc) is 2.88. The zero-order chi connectivity index (χ0) is 9.52. The van der Waals surface area contributed by atoms with Crippen molar-refractivity contribution in [3.05, 3.63) is 12.7 Å². The van der Waals surface area contributed by atoms with Crippen LogP contribution in [0.3, 0.4) is 0 Å². The largest absolute Gasteiger partial charge is 0.313 e. The Bertz CT molecular complexity index is 143. The fraction of sp³-hybridized carbons (Fsp3) is 0.818. The molecule has 1 atom stereocenters. The van der Waals surface area contributed by atoms with Gasteiger partial charge in [-0.1, -0.05) is 18.9 Å². The van der Waals surface area contributed by atoms with E-state index in [1.54, 1.807) is 0 Å². The van der Waals surface area contributed by atoms with E-state index < -0.39 is 0 Å². The summed E-state index contributed by atoms with van der Waals surface area (Å²) in [5.41, 5.74) is 0. The van der Waals surface area contributed by atoms with Crippen LogP contribution in [0.1, 0.15) is 26.2 Å². The summed E-state index contributed by atoms with van der Waals surface area (Å²) in [6.07, 6.45) is 6.29. The molecule has 1 rings (SSSR count). The van der Waals surface area contributed by atoms with E-state index in [4.69, 9.17) is 0 Å². The first-order valence-corrected chi connectivity index (χ1v) is 6.40. The highest BCUT2D eigenvalue weighted by atomic mass is 32.2. The van der Waals surface area contributed by atoms with Gasteiger partial charge in [0, 0.05) is 24.1 Å². The molecule has 1 unspecified atom stereocenters. The lowest BCUT2D eigenvalue weighted by molar-refractivity contribution is 0.503. The lowest BCUT2D eigenvalue weighted by Gasteiger charge is -2.12. The molecule has 0 heterocycles. The normalized spacial score (nSPS) is 18.5. The third kappa shape index (κ3) is 6.17. The summed E-state index contributed by atoms with van der Waals surface area (Å²) in [5, 5.41) is 3.56. The molecule has 0 aliphatic heterocycles. The van der Waals surface area contributed by atoms with Gasteiger partial charge in [0.1, 0.15) is 0 Å². The molecule has 0 aromatic rings. The molecule has 1 fully saturated rings. The SMILES string of the molecule is C=CCSCCNC(C)CC1CC1. The van der Waals surface area contributed by atoms with Gasteiger partial charge in [0.15, 0.2) is 0 Å². The van der Waals surface area contributed by atoms with E-state index >= 15 is 0 Å². The Morgan fingerprint density at radius 1 is 1.62 bits per heavy atom. The molecular weight excluding hydrogens is 178 g/mol. The van der Waals surface area contributed by atoms with Crippen LogP contribution in [0.2, 0.25) is 0 Å². The number of rotatable bonds is 8. The fourth-order valence-corrected chi connectivity index (χ4v) is 2.08. The van der Waals surface area contributed by atoms with E-state index in [-0.39, 0.29) is 0 Å². The Balaban J connectivity index is 1.82. The smallest absolute Gasteiger partial charge is 0.0111 e. The van der Waals surface area contributed by atoms with Gasteiger partial charge in [0.2, 0.25) is 0 Å². The number of hydrogen-bond donors (Lipinski definition) is 1. The summed E-state index contributed by atoms with van der Waals surface area (Å²) in [6.45, 7) is 7.15. The van der Waals surface area contributed by atoms with Gasteiger partial charge in [-0.15, -0.1) is 6.58 Å². The number of nitrogens with one attached hydrogen (secondary N) is 1. The second-order valence-electron chi connectivity index (χ2n) is 3.90. The first kappa shape index (κ1) is 11.1. The predicted molar refractivity (Wildman–Crippen MR) is 62.3 cm³/mol. The minimum atomic E-state index is 0.719. The highest BCUT2D eigenvalue weighted by Crippen LogP contribution is 2.33.